The molecule has 0 spiro atoms. The minimum absolute atomic E-state index is 0.0470. The highest BCUT2D eigenvalue weighted by Crippen LogP contribution is 2.32. The van der Waals surface area contributed by atoms with Crippen LogP contribution in [0.15, 0.2) is 18.2 Å². The average Bonchev–Trinajstić information content (AvgIpc) is 2.65. The summed E-state index contributed by atoms with van der Waals surface area (Å²) in [6.45, 7) is 1.66. The summed E-state index contributed by atoms with van der Waals surface area (Å²) in [7, 11) is 0. The number of nitrogens with one attached hydrogen (secondary N) is 1. The normalized spacial score (nSPS) is 17.8. The molecule has 1 aromatic rings. The number of carbonyl (C=O) groups is 1. The Bertz CT molecular complexity index is 549. The van der Waals surface area contributed by atoms with E-state index in [1.807, 2.05) is 0 Å². The molecule has 0 amide bonds. The van der Waals surface area contributed by atoms with Crippen molar-refractivity contribution in [3.8, 4) is 0 Å². The van der Waals surface area contributed by atoms with Crippen LogP contribution in [0.2, 0.25) is 0 Å². The lowest BCUT2D eigenvalue weighted by molar-refractivity contribution is -0.385. The molecule has 1 aliphatic carbocycles. The first kappa shape index (κ1) is 15.3. The first-order chi connectivity index (χ1) is 9.94. The Kier molecular flexibility index (Phi) is 4.45. The number of rotatable bonds is 4. The van der Waals surface area contributed by atoms with Gasteiger partial charge in [-0.15, -0.1) is 0 Å². The molecule has 1 aliphatic rings. The van der Waals surface area contributed by atoms with Crippen LogP contribution in [0.1, 0.15) is 44.1 Å². The highest BCUT2D eigenvalue weighted by atomic mass is 16.6. The highest BCUT2D eigenvalue weighted by Gasteiger charge is 2.38. The molecule has 0 aliphatic heterocycles. The van der Waals surface area contributed by atoms with Gasteiger partial charge in [0, 0.05) is 17.3 Å². The molecule has 2 N–H and O–H groups in total. The van der Waals surface area contributed by atoms with E-state index in [-0.39, 0.29) is 5.69 Å². The van der Waals surface area contributed by atoms with Crippen molar-refractivity contribution >= 4 is 17.3 Å². The third kappa shape index (κ3) is 3.32. The molecule has 6 heteroatoms. The molecule has 21 heavy (non-hydrogen) atoms. The number of hydrogen-bond donors (Lipinski definition) is 2. The SMILES string of the molecule is Cc1cc(NC2(C(=O)O)CCCCCC2)ccc1[N+](=O)[O-]. The Morgan fingerprint density at radius 2 is 1.90 bits per heavy atom. The quantitative estimate of drug-likeness (QED) is 0.503. The van der Waals surface area contributed by atoms with Gasteiger partial charge in [0.25, 0.3) is 5.69 Å². The van der Waals surface area contributed by atoms with E-state index in [2.05, 4.69) is 5.32 Å². The number of nitrogens with zero attached hydrogens (tertiary/aromatic N) is 1. The van der Waals surface area contributed by atoms with E-state index in [0.29, 0.717) is 24.1 Å². The number of carboxylic acid groups (broad SMARTS) is 1. The summed E-state index contributed by atoms with van der Waals surface area (Å²) >= 11 is 0. The maximum atomic E-state index is 11.7. The third-order valence-corrected chi connectivity index (χ3v) is 4.14. The smallest absolute Gasteiger partial charge is 0.329 e. The zero-order valence-corrected chi connectivity index (χ0v) is 12.1. The van der Waals surface area contributed by atoms with Crippen molar-refractivity contribution < 1.29 is 14.8 Å². The maximum absolute atomic E-state index is 11.7. The number of anilines is 1. The molecule has 1 fully saturated rings. The van der Waals surface area contributed by atoms with Crippen molar-refractivity contribution in [1.29, 1.82) is 0 Å². The van der Waals surface area contributed by atoms with Gasteiger partial charge in [-0.25, -0.2) is 4.79 Å². The minimum Gasteiger partial charge on any atom is -0.480 e. The molecule has 0 aromatic heterocycles. The van der Waals surface area contributed by atoms with Crippen LogP contribution in [-0.4, -0.2) is 21.5 Å². The van der Waals surface area contributed by atoms with E-state index in [1.54, 1.807) is 19.1 Å². The standard InChI is InChI=1S/C15H20N2O4/c1-11-10-12(6-7-13(11)17(20)21)16-15(14(18)19)8-4-2-3-5-9-15/h6-7,10,16H,2-5,8-9H2,1H3,(H,18,19). The Morgan fingerprint density at radius 3 is 2.38 bits per heavy atom. The molecule has 0 saturated heterocycles. The third-order valence-electron chi connectivity index (χ3n) is 4.14. The summed E-state index contributed by atoms with van der Waals surface area (Å²) in [4.78, 5) is 22.1. The monoisotopic (exact) mass is 292 g/mol. The summed E-state index contributed by atoms with van der Waals surface area (Å²) < 4.78 is 0. The van der Waals surface area contributed by atoms with Crippen LogP contribution in [-0.2, 0) is 4.79 Å². The van der Waals surface area contributed by atoms with Gasteiger partial charge in [-0.05, 0) is 31.9 Å². The van der Waals surface area contributed by atoms with E-state index < -0.39 is 16.4 Å². The van der Waals surface area contributed by atoms with Gasteiger partial charge in [0.1, 0.15) is 5.54 Å². The molecule has 2 rings (SSSR count). The van der Waals surface area contributed by atoms with Gasteiger partial charge in [-0.3, -0.25) is 10.1 Å². The molecule has 6 nitrogen and oxygen atoms in total. The molecular formula is C15H20N2O4. The van der Waals surface area contributed by atoms with Crippen LogP contribution in [0.5, 0.6) is 0 Å². The molecule has 1 aromatic carbocycles. The summed E-state index contributed by atoms with van der Waals surface area (Å²) in [6, 6.07) is 4.65. The van der Waals surface area contributed by atoms with E-state index in [4.69, 9.17) is 0 Å². The van der Waals surface area contributed by atoms with Gasteiger partial charge in [-0.1, -0.05) is 25.7 Å². The fourth-order valence-corrected chi connectivity index (χ4v) is 2.94. The van der Waals surface area contributed by atoms with Crippen molar-refractivity contribution in [3.05, 3.63) is 33.9 Å². The molecular weight excluding hydrogens is 272 g/mol. The second kappa shape index (κ2) is 6.11. The number of aliphatic carboxylic acids is 1. The number of benzene rings is 1. The zero-order valence-electron chi connectivity index (χ0n) is 12.1. The molecule has 0 unspecified atom stereocenters. The number of aryl methyl sites for hydroxylation is 1. The van der Waals surface area contributed by atoms with E-state index in [1.165, 1.54) is 6.07 Å². The van der Waals surface area contributed by atoms with Crippen LogP contribution in [0.4, 0.5) is 11.4 Å². The summed E-state index contributed by atoms with van der Waals surface area (Å²) in [5.41, 5.74) is 0.242. The Morgan fingerprint density at radius 1 is 1.29 bits per heavy atom. The molecule has 0 bridgehead atoms. The number of nitro groups is 1. The Labute approximate surface area is 123 Å². The molecule has 114 valence electrons. The Balaban J connectivity index is 2.26. The second-order valence-electron chi connectivity index (χ2n) is 5.68. The van der Waals surface area contributed by atoms with Crippen LogP contribution in [0.3, 0.4) is 0 Å². The molecule has 1 saturated carbocycles. The van der Waals surface area contributed by atoms with Crippen molar-refractivity contribution in [2.45, 2.75) is 51.0 Å². The van der Waals surface area contributed by atoms with Crippen molar-refractivity contribution in [2.24, 2.45) is 0 Å². The number of carboxylic acids is 1. The lowest BCUT2D eigenvalue weighted by atomic mass is 9.89. The van der Waals surface area contributed by atoms with Crippen molar-refractivity contribution in [1.82, 2.24) is 0 Å². The van der Waals surface area contributed by atoms with Gasteiger partial charge in [0.15, 0.2) is 0 Å². The van der Waals surface area contributed by atoms with Crippen LogP contribution in [0.25, 0.3) is 0 Å². The largest absolute Gasteiger partial charge is 0.480 e. The number of hydrogen-bond acceptors (Lipinski definition) is 4. The van der Waals surface area contributed by atoms with Crippen LogP contribution >= 0.6 is 0 Å². The topological polar surface area (TPSA) is 92.5 Å². The fourth-order valence-electron chi connectivity index (χ4n) is 2.94. The fraction of sp³-hybridized carbons (Fsp3) is 0.533. The van der Waals surface area contributed by atoms with E-state index >= 15 is 0 Å². The number of nitro benzene ring substituents is 1. The Hall–Kier alpha value is -2.11. The van der Waals surface area contributed by atoms with Gasteiger partial charge in [0.05, 0.1) is 4.92 Å². The van der Waals surface area contributed by atoms with Gasteiger partial charge >= 0.3 is 5.97 Å². The van der Waals surface area contributed by atoms with Gasteiger partial charge in [0.2, 0.25) is 0 Å². The minimum atomic E-state index is -0.959. The lowest BCUT2D eigenvalue weighted by Crippen LogP contribution is -2.46. The van der Waals surface area contributed by atoms with E-state index in [9.17, 15) is 20.0 Å². The summed E-state index contributed by atoms with van der Waals surface area (Å²) in [6.07, 6.45) is 5.03. The first-order valence-corrected chi connectivity index (χ1v) is 7.21. The predicted molar refractivity (Wildman–Crippen MR) is 79.5 cm³/mol. The highest BCUT2D eigenvalue weighted by molar-refractivity contribution is 5.83. The van der Waals surface area contributed by atoms with E-state index in [0.717, 1.165) is 25.7 Å². The van der Waals surface area contributed by atoms with Crippen LogP contribution in [0, 0.1) is 17.0 Å². The average molecular weight is 292 g/mol. The first-order valence-electron chi connectivity index (χ1n) is 7.21. The second-order valence-corrected chi connectivity index (χ2v) is 5.68. The molecule has 0 heterocycles. The van der Waals surface area contributed by atoms with Crippen LogP contribution < -0.4 is 5.32 Å². The molecule has 0 radical (unpaired) electrons. The zero-order chi connectivity index (χ0) is 15.5. The molecule has 0 atom stereocenters. The predicted octanol–water partition coefficient (Wildman–Crippen LogP) is 3.49. The summed E-state index contributed by atoms with van der Waals surface area (Å²) in [5.74, 6) is -0.847. The summed E-state index contributed by atoms with van der Waals surface area (Å²) in [5, 5.41) is 23.6. The van der Waals surface area contributed by atoms with Gasteiger partial charge in [-0.2, -0.15) is 0 Å². The maximum Gasteiger partial charge on any atom is 0.329 e. The van der Waals surface area contributed by atoms with Crippen molar-refractivity contribution in [3.63, 3.8) is 0 Å². The van der Waals surface area contributed by atoms with Crippen molar-refractivity contribution in [2.75, 3.05) is 5.32 Å². The lowest BCUT2D eigenvalue weighted by Gasteiger charge is -2.30. The van der Waals surface area contributed by atoms with Gasteiger partial charge < -0.3 is 10.4 Å².